The molecule has 2 rings (SSSR count). The molecule has 0 aromatic heterocycles. The SMILES string of the molecule is CNC1(C)CCN(CC(=O)N2CCNC2=O)CC1. The van der Waals surface area contributed by atoms with Crippen LogP contribution >= 0.6 is 0 Å². The summed E-state index contributed by atoms with van der Waals surface area (Å²) in [5.74, 6) is -0.0851. The molecular formula is C12H22N4O2. The lowest BCUT2D eigenvalue weighted by molar-refractivity contribution is -0.129. The summed E-state index contributed by atoms with van der Waals surface area (Å²) in [4.78, 5) is 26.8. The van der Waals surface area contributed by atoms with Gasteiger partial charge in [-0.3, -0.25) is 14.6 Å². The predicted octanol–water partition coefficient (Wildman–Crippen LogP) is -0.388. The predicted molar refractivity (Wildman–Crippen MR) is 68.3 cm³/mol. The number of imide groups is 1. The van der Waals surface area contributed by atoms with Gasteiger partial charge in [-0.05, 0) is 26.8 Å². The lowest BCUT2D eigenvalue weighted by atomic mass is 9.90. The molecule has 2 fully saturated rings. The van der Waals surface area contributed by atoms with Gasteiger partial charge in [-0.15, -0.1) is 0 Å². The molecule has 2 heterocycles. The maximum atomic E-state index is 12.0. The molecule has 2 N–H and O–H groups in total. The number of piperidine rings is 1. The van der Waals surface area contributed by atoms with Crippen molar-refractivity contribution in [3.05, 3.63) is 0 Å². The molecule has 0 atom stereocenters. The number of hydrogen-bond donors (Lipinski definition) is 2. The summed E-state index contributed by atoms with van der Waals surface area (Å²) >= 11 is 0. The van der Waals surface area contributed by atoms with Crippen LogP contribution in [0, 0.1) is 0 Å². The van der Waals surface area contributed by atoms with Crippen LogP contribution in [-0.2, 0) is 4.79 Å². The molecule has 6 heteroatoms. The Kier molecular flexibility index (Phi) is 3.87. The van der Waals surface area contributed by atoms with Crippen LogP contribution in [-0.4, -0.2) is 67.0 Å². The topological polar surface area (TPSA) is 64.7 Å². The Hall–Kier alpha value is -1.14. The lowest BCUT2D eigenvalue weighted by Crippen LogP contribution is -2.52. The number of carbonyl (C=O) groups is 2. The van der Waals surface area contributed by atoms with Gasteiger partial charge in [0.1, 0.15) is 0 Å². The highest BCUT2D eigenvalue weighted by molar-refractivity contribution is 5.96. The molecule has 3 amide bonds. The Balaban J connectivity index is 1.81. The minimum absolute atomic E-state index is 0.0851. The molecule has 102 valence electrons. The van der Waals surface area contributed by atoms with E-state index < -0.39 is 0 Å². The molecule has 0 aromatic carbocycles. The fourth-order valence-corrected chi connectivity index (χ4v) is 2.44. The second kappa shape index (κ2) is 5.24. The van der Waals surface area contributed by atoms with Gasteiger partial charge in [0.25, 0.3) is 0 Å². The zero-order valence-corrected chi connectivity index (χ0v) is 11.2. The van der Waals surface area contributed by atoms with Crippen molar-refractivity contribution in [3.8, 4) is 0 Å². The van der Waals surface area contributed by atoms with Crippen molar-refractivity contribution in [1.82, 2.24) is 20.4 Å². The van der Waals surface area contributed by atoms with E-state index in [0.29, 0.717) is 19.6 Å². The van der Waals surface area contributed by atoms with E-state index in [1.54, 1.807) is 0 Å². The van der Waals surface area contributed by atoms with Gasteiger partial charge >= 0.3 is 6.03 Å². The highest BCUT2D eigenvalue weighted by Crippen LogP contribution is 2.20. The number of amides is 3. The largest absolute Gasteiger partial charge is 0.336 e. The molecule has 0 unspecified atom stereocenters. The van der Waals surface area contributed by atoms with E-state index in [2.05, 4.69) is 22.5 Å². The number of rotatable bonds is 3. The number of nitrogens with zero attached hydrogens (tertiary/aromatic N) is 2. The van der Waals surface area contributed by atoms with Gasteiger partial charge in [-0.1, -0.05) is 0 Å². The van der Waals surface area contributed by atoms with Gasteiger partial charge in [0, 0.05) is 31.7 Å². The number of carbonyl (C=O) groups excluding carboxylic acids is 2. The quantitative estimate of drug-likeness (QED) is 0.720. The first-order valence-corrected chi connectivity index (χ1v) is 6.53. The van der Waals surface area contributed by atoms with E-state index in [9.17, 15) is 9.59 Å². The Bertz CT molecular complexity index is 337. The summed E-state index contributed by atoms with van der Waals surface area (Å²) in [6.07, 6.45) is 2.06. The van der Waals surface area contributed by atoms with Crippen molar-refractivity contribution in [2.75, 3.05) is 39.8 Å². The van der Waals surface area contributed by atoms with E-state index >= 15 is 0 Å². The maximum Gasteiger partial charge on any atom is 0.324 e. The summed E-state index contributed by atoms with van der Waals surface area (Å²) in [6.45, 7) is 5.44. The first-order valence-electron chi connectivity index (χ1n) is 6.53. The number of nitrogens with one attached hydrogen (secondary N) is 2. The van der Waals surface area contributed by atoms with Gasteiger partial charge in [-0.25, -0.2) is 4.79 Å². The van der Waals surface area contributed by atoms with Crippen molar-refractivity contribution in [2.24, 2.45) is 0 Å². The van der Waals surface area contributed by atoms with E-state index in [-0.39, 0.29) is 17.5 Å². The van der Waals surface area contributed by atoms with Crippen molar-refractivity contribution in [1.29, 1.82) is 0 Å². The third-order valence-electron chi connectivity index (χ3n) is 4.08. The molecule has 2 aliphatic rings. The van der Waals surface area contributed by atoms with Gasteiger partial charge in [-0.2, -0.15) is 0 Å². The van der Waals surface area contributed by atoms with Crippen LogP contribution in [0.25, 0.3) is 0 Å². The zero-order chi connectivity index (χ0) is 13.2. The van der Waals surface area contributed by atoms with Gasteiger partial charge < -0.3 is 10.6 Å². The molecule has 0 bridgehead atoms. The first-order chi connectivity index (χ1) is 8.54. The fourth-order valence-electron chi connectivity index (χ4n) is 2.44. The molecule has 2 saturated heterocycles. The smallest absolute Gasteiger partial charge is 0.324 e. The number of urea groups is 1. The molecule has 2 aliphatic heterocycles. The third-order valence-corrected chi connectivity index (χ3v) is 4.08. The summed E-state index contributed by atoms with van der Waals surface area (Å²) in [5.41, 5.74) is 0.185. The van der Waals surface area contributed by atoms with Crippen LogP contribution in [0.5, 0.6) is 0 Å². The molecule has 18 heavy (non-hydrogen) atoms. The molecular weight excluding hydrogens is 232 g/mol. The summed E-state index contributed by atoms with van der Waals surface area (Å²) in [5, 5.41) is 5.98. The minimum Gasteiger partial charge on any atom is -0.336 e. The number of likely N-dealkylation sites (tertiary alicyclic amines) is 1. The number of hydrogen-bond acceptors (Lipinski definition) is 4. The van der Waals surface area contributed by atoms with Crippen LogP contribution in [0.15, 0.2) is 0 Å². The third kappa shape index (κ3) is 2.81. The van der Waals surface area contributed by atoms with Gasteiger partial charge in [0.05, 0.1) is 6.54 Å². The van der Waals surface area contributed by atoms with E-state index in [4.69, 9.17) is 0 Å². The van der Waals surface area contributed by atoms with E-state index in [1.165, 1.54) is 4.90 Å². The van der Waals surface area contributed by atoms with Crippen molar-refractivity contribution in [3.63, 3.8) is 0 Å². The van der Waals surface area contributed by atoms with Crippen molar-refractivity contribution >= 4 is 11.9 Å². The van der Waals surface area contributed by atoms with Crippen LogP contribution in [0.2, 0.25) is 0 Å². The highest BCUT2D eigenvalue weighted by Gasteiger charge is 2.31. The molecule has 0 saturated carbocycles. The Morgan fingerprint density at radius 1 is 1.39 bits per heavy atom. The maximum absolute atomic E-state index is 12.0. The first kappa shape index (κ1) is 13.3. The van der Waals surface area contributed by atoms with E-state index in [1.807, 2.05) is 7.05 Å². The fraction of sp³-hybridized carbons (Fsp3) is 0.833. The Labute approximate surface area is 108 Å². The average Bonchev–Trinajstić information content (AvgIpc) is 2.79. The normalized spacial score (nSPS) is 24.1. The molecule has 0 radical (unpaired) electrons. The van der Waals surface area contributed by atoms with Crippen LogP contribution < -0.4 is 10.6 Å². The summed E-state index contributed by atoms with van der Waals surface area (Å²) in [6, 6.07) is -0.253. The summed E-state index contributed by atoms with van der Waals surface area (Å²) in [7, 11) is 1.98. The Morgan fingerprint density at radius 3 is 2.56 bits per heavy atom. The monoisotopic (exact) mass is 254 g/mol. The molecule has 0 aliphatic carbocycles. The lowest BCUT2D eigenvalue weighted by Gasteiger charge is -2.39. The van der Waals surface area contributed by atoms with E-state index in [0.717, 1.165) is 25.9 Å². The van der Waals surface area contributed by atoms with Gasteiger partial charge in [0.15, 0.2) is 0 Å². The molecule has 0 aromatic rings. The van der Waals surface area contributed by atoms with Crippen molar-refractivity contribution < 1.29 is 9.59 Å². The summed E-state index contributed by atoms with van der Waals surface area (Å²) < 4.78 is 0. The zero-order valence-electron chi connectivity index (χ0n) is 11.2. The standard InChI is InChI=1S/C12H22N4O2/c1-12(13-2)3-6-15(7-4-12)9-10(17)16-8-5-14-11(16)18/h13H,3-9H2,1-2H3,(H,14,18). The molecule has 6 nitrogen and oxygen atoms in total. The minimum atomic E-state index is -0.253. The van der Waals surface area contributed by atoms with Crippen LogP contribution in [0.4, 0.5) is 4.79 Å². The van der Waals surface area contributed by atoms with Crippen LogP contribution in [0.3, 0.4) is 0 Å². The van der Waals surface area contributed by atoms with Crippen LogP contribution in [0.1, 0.15) is 19.8 Å². The molecule has 0 spiro atoms. The van der Waals surface area contributed by atoms with Gasteiger partial charge in [0.2, 0.25) is 5.91 Å². The highest BCUT2D eigenvalue weighted by atomic mass is 16.2. The second-order valence-electron chi connectivity index (χ2n) is 5.36. The van der Waals surface area contributed by atoms with Crippen molar-refractivity contribution in [2.45, 2.75) is 25.3 Å². The average molecular weight is 254 g/mol. The Morgan fingerprint density at radius 2 is 2.06 bits per heavy atom. The second-order valence-corrected chi connectivity index (χ2v) is 5.36.